The van der Waals surface area contributed by atoms with Gasteiger partial charge in [0.15, 0.2) is 6.10 Å². The number of carbonyl (C=O) groups is 3. The van der Waals surface area contributed by atoms with Crippen LogP contribution in [-0.2, 0) is 19.6 Å². The Bertz CT molecular complexity index is 1170. The molecule has 0 aliphatic heterocycles. The lowest BCUT2D eigenvalue weighted by Gasteiger charge is -2.20. The molecule has 3 amide bonds. The van der Waals surface area contributed by atoms with Gasteiger partial charge in [0.05, 0.1) is 21.2 Å². The average Bonchev–Trinajstić information content (AvgIpc) is 2.67. The van der Waals surface area contributed by atoms with Gasteiger partial charge in [-0.2, -0.15) is 0 Å². The Kier molecular flexibility index (Phi) is 8.27. The van der Waals surface area contributed by atoms with E-state index in [9.17, 15) is 22.8 Å². The topological polar surface area (TPSA) is 145 Å². The Morgan fingerprint density at radius 2 is 1.78 bits per heavy atom. The summed E-state index contributed by atoms with van der Waals surface area (Å²) in [5, 5.41) is 1.77. The van der Waals surface area contributed by atoms with Gasteiger partial charge in [0, 0.05) is 4.47 Å². The first-order chi connectivity index (χ1) is 14.8. The summed E-state index contributed by atoms with van der Waals surface area (Å²) in [6.07, 6.45) is -1.35. The van der Waals surface area contributed by atoms with Gasteiger partial charge in [-0.15, -0.1) is 0 Å². The smallest absolute Gasteiger partial charge is 0.340 e. The van der Waals surface area contributed by atoms with Gasteiger partial charge in [0.2, 0.25) is 0 Å². The Morgan fingerprint density at radius 3 is 2.38 bits per heavy atom. The molecule has 172 valence electrons. The quantitative estimate of drug-likeness (QED) is 0.453. The lowest BCUT2D eigenvalue weighted by molar-refractivity contribution is -0.130. The minimum Gasteiger partial charge on any atom is -0.448 e. The van der Waals surface area contributed by atoms with Crippen molar-refractivity contribution in [2.45, 2.75) is 31.8 Å². The molecule has 1 unspecified atom stereocenters. The van der Waals surface area contributed by atoms with E-state index in [1.54, 1.807) is 39.0 Å². The number of hydrogen-bond acceptors (Lipinski definition) is 6. The van der Waals surface area contributed by atoms with Gasteiger partial charge in [-0.3, -0.25) is 14.8 Å². The number of halogens is 2. The van der Waals surface area contributed by atoms with Gasteiger partial charge in [-0.05, 0) is 64.7 Å². The molecular formula is C20H21BrClN3O6S. The Morgan fingerprint density at radius 1 is 1.12 bits per heavy atom. The molecule has 0 aliphatic carbocycles. The van der Waals surface area contributed by atoms with E-state index in [1.807, 2.05) is 5.32 Å². The third-order valence-corrected chi connectivity index (χ3v) is 6.56. The van der Waals surface area contributed by atoms with E-state index in [0.29, 0.717) is 10.2 Å². The fourth-order valence-electron chi connectivity index (χ4n) is 2.61. The maximum absolute atomic E-state index is 12.9. The first-order valence-corrected chi connectivity index (χ1v) is 11.9. The zero-order valence-electron chi connectivity index (χ0n) is 17.3. The van der Waals surface area contributed by atoms with E-state index in [4.69, 9.17) is 22.1 Å². The summed E-state index contributed by atoms with van der Waals surface area (Å²) >= 11 is 9.36. The average molecular weight is 547 g/mol. The second-order valence-corrected chi connectivity index (χ2v) is 10.1. The zero-order chi connectivity index (χ0) is 24.2. The summed E-state index contributed by atoms with van der Waals surface area (Å²) in [6, 6.07) is 7.53. The molecule has 2 aromatic carbocycles. The normalized spacial score (nSPS) is 12.2. The number of imide groups is 1. The summed E-state index contributed by atoms with van der Waals surface area (Å²) in [5.74, 6) is -2.46. The van der Waals surface area contributed by atoms with Gasteiger partial charge in [-0.25, -0.2) is 18.0 Å². The maximum atomic E-state index is 12.9. The number of primary amides is 1. The summed E-state index contributed by atoms with van der Waals surface area (Å²) in [6.45, 7) is 4.98. The van der Waals surface area contributed by atoms with E-state index >= 15 is 0 Å². The second kappa shape index (κ2) is 10.3. The van der Waals surface area contributed by atoms with Crippen LogP contribution in [0.5, 0.6) is 0 Å². The van der Waals surface area contributed by atoms with Crippen LogP contribution in [0.4, 0.5) is 10.5 Å². The number of sulfonamides is 1. The van der Waals surface area contributed by atoms with Crippen LogP contribution >= 0.6 is 27.5 Å². The maximum Gasteiger partial charge on any atom is 0.340 e. The van der Waals surface area contributed by atoms with E-state index in [1.165, 1.54) is 12.1 Å². The highest BCUT2D eigenvalue weighted by Crippen LogP contribution is 2.28. The van der Waals surface area contributed by atoms with E-state index < -0.39 is 40.0 Å². The number of esters is 1. The van der Waals surface area contributed by atoms with Gasteiger partial charge in [0.1, 0.15) is 0 Å². The number of carbonyl (C=O) groups excluding carboxylic acids is 3. The number of benzene rings is 2. The lowest BCUT2D eigenvalue weighted by Crippen LogP contribution is -2.45. The summed E-state index contributed by atoms with van der Waals surface area (Å²) in [4.78, 5) is 35.5. The number of rotatable bonds is 7. The van der Waals surface area contributed by atoms with Crippen molar-refractivity contribution < 1.29 is 27.5 Å². The van der Waals surface area contributed by atoms with Crippen molar-refractivity contribution >= 4 is 61.1 Å². The molecule has 12 heteroatoms. The van der Waals surface area contributed by atoms with Crippen molar-refractivity contribution in [2.75, 3.05) is 4.72 Å². The molecule has 0 radical (unpaired) electrons. The number of hydrogen-bond donors (Lipinski definition) is 3. The summed E-state index contributed by atoms with van der Waals surface area (Å²) in [7, 11) is -4.09. The van der Waals surface area contributed by atoms with Crippen molar-refractivity contribution in [3.05, 3.63) is 57.0 Å². The molecule has 0 aromatic heterocycles. The van der Waals surface area contributed by atoms with Crippen molar-refractivity contribution in [3.63, 3.8) is 0 Å². The van der Waals surface area contributed by atoms with Gasteiger partial charge < -0.3 is 10.5 Å². The highest BCUT2D eigenvalue weighted by Gasteiger charge is 2.29. The Hall–Kier alpha value is -2.63. The zero-order valence-corrected chi connectivity index (χ0v) is 20.5. The van der Waals surface area contributed by atoms with Crippen LogP contribution in [0.3, 0.4) is 0 Å². The van der Waals surface area contributed by atoms with Crippen LogP contribution in [0.15, 0.2) is 45.8 Å². The van der Waals surface area contributed by atoms with Crippen LogP contribution in [0.25, 0.3) is 0 Å². The molecule has 0 bridgehead atoms. The van der Waals surface area contributed by atoms with Crippen LogP contribution in [0.1, 0.15) is 29.8 Å². The monoisotopic (exact) mass is 545 g/mol. The Labute approximate surface area is 198 Å². The fourth-order valence-corrected chi connectivity index (χ4v) is 4.38. The SMILES string of the molecule is Cc1ccc(Br)c(NS(=O)(=O)c2ccc(Cl)c(C(=O)OC(C(=O)NC(N)=O)C(C)C)c2)c1. The highest BCUT2D eigenvalue weighted by atomic mass is 79.9. The molecule has 0 saturated heterocycles. The van der Waals surface area contributed by atoms with Crippen molar-refractivity contribution in [3.8, 4) is 0 Å². The first-order valence-electron chi connectivity index (χ1n) is 9.21. The third-order valence-electron chi connectivity index (χ3n) is 4.18. The molecule has 0 aliphatic rings. The fraction of sp³-hybridized carbons (Fsp3) is 0.250. The molecule has 0 spiro atoms. The minimum atomic E-state index is -4.09. The predicted octanol–water partition coefficient (Wildman–Crippen LogP) is 3.59. The van der Waals surface area contributed by atoms with Crippen LogP contribution in [0, 0.1) is 12.8 Å². The molecule has 2 rings (SSSR count). The molecule has 4 N–H and O–H groups in total. The molecular weight excluding hydrogens is 526 g/mol. The largest absolute Gasteiger partial charge is 0.448 e. The number of urea groups is 1. The van der Waals surface area contributed by atoms with E-state index in [-0.39, 0.29) is 15.5 Å². The van der Waals surface area contributed by atoms with Gasteiger partial charge in [0.25, 0.3) is 15.9 Å². The standard InChI is InChI=1S/C20H21BrClN3O6S/c1-10(2)17(18(26)24-20(23)28)31-19(27)13-9-12(5-7-15(13)22)32(29,30)25-16-8-11(3)4-6-14(16)21/h4-10,17,25H,1-3H3,(H3,23,24,26,28). The third kappa shape index (κ3) is 6.44. The Balaban J connectivity index is 2.34. The minimum absolute atomic E-state index is 0.0801. The van der Waals surface area contributed by atoms with Crippen LogP contribution in [0.2, 0.25) is 5.02 Å². The first kappa shape index (κ1) is 25.6. The van der Waals surface area contributed by atoms with E-state index in [2.05, 4.69) is 20.7 Å². The van der Waals surface area contributed by atoms with Crippen molar-refractivity contribution in [1.29, 1.82) is 0 Å². The number of nitrogens with one attached hydrogen (secondary N) is 2. The highest BCUT2D eigenvalue weighted by molar-refractivity contribution is 9.10. The molecule has 0 fully saturated rings. The molecule has 0 saturated carbocycles. The summed E-state index contributed by atoms with van der Waals surface area (Å²) < 4.78 is 33.9. The van der Waals surface area contributed by atoms with Crippen LogP contribution < -0.4 is 15.8 Å². The molecule has 0 heterocycles. The number of amides is 3. The molecule has 1 atom stereocenters. The summed E-state index contributed by atoms with van der Waals surface area (Å²) in [5.41, 5.74) is 5.82. The van der Waals surface area contributed by atoms with Gasteiger partial charge >= 0.3 is 12.0 Å². The lowest BCUT2D eigenvalue weighted by atomic mass is 10.1. The number of nitrogens with two attached hydrogens (primary N) is 1. The molecule has 9 nitrogen and oxygen atoms in total. The number of aryl methyl sites for hydroxylation is 1. The van der Waals surface area contributed by atoms with Gasteiger partial charge in [-0.1, -0.05) is 31.5 Å². The van der Waals surface area contributed by atoms with E-state index in [0.717, 1.165) is 11.6 Å². The molecule has 32 heavy (non-hydrogen) atoms. The predicted molar refractivity (Wildman–Crippen MR) is 123 cm³/mol. The second-order valence-electron chi connectivity index (χ2n) is 7.15. The van der Waals surface area contributed by atoms with Crippen molar-refractivity contribution in [2.24, 2.45) is 11.7 Å². The van der Waals surface area contributed by atoms with Crippen molar-refractivity contribution in [1.82, 2.24) is 5.32 Å². The van der Waals surface area contributed by atoms with Crippen LogP contribution in [-0.4, -0.2) is 32.4 Å². The number of anilines is 1. The molecule has 2 aromatic rings. The number of ether oxygens (including phenoxy) is 1.